The van der Waals surface area contributed by atoms with Crippen molar-refractivity contribution >= 4 is 11.8 Å². The molecule has 0 spiro atoms. The number of benzene rings is 2. The minimum atomic E-state index is 0.571. The first-order valence-corrected chi connectivity index (χ1v) is 8.28. The molecular weight excluding hydrogens is 260 g/mol. The van der Waals surface area contributed by atoms with Crippen molar-refractivity contribution in [3.05, 3.63) is 65.2 Å². The molecule has 1 heteroatoms. The fourth-order valence-corrected chi connectivity index (χ4v) is 3.47. The molecule has 0 radical (unpaired) electrons. The van der Waals surface area contributed by atoms with Gasteiger partial charge in [-0.1, -0.05) is 70.2 Å². The Kier molecular flexibility index (Phi) is 5.31. The Morgan fingerprint density at radius 3 is 2.15 bits per heavy atom. The molecule has 0 aliphatic rings. The van der Waals surface area contributed by atoms with Gasteiger partial charge in [0.1, 0.15) is 0 Å². The number of hydrogen-bond donors (Lipinski definition) is 0. The Bertz CT molecular complexity index is 541. The second kappa shape index (κ2) is 6.99. The van der Waals surface area contributed by atoms with Gasteiger partial charge in [0.25, 0.3) is 0 Å². The van der Waals surface area contributed by atoms with Gasteiger partial charge in [-0.05, 0) is 35.1 Å². The zero-order valence-electron chi connectivity index (χ0n) is 12.9. The van der Waals surface area contributed by atoms with E-state index in [9.17, 15) is 0 Å². The second-order valence-corrected chi connectivity index (χ2v) is 7.43. The molecule has 2 rings (SSSR count). The molecule has 0 saturated heterocycles. The summed E-state index contributed by atoms with van der Waals surface area (Å²) in [4.78, 5) is 1.44. The molecule has 106 valence electrons. The van der Waals surface area contributed by atoms with E-state index in [1.807, 2.05) is 11.8 Å². The minimum absolute atomic E-state index is 0.571. The van der Waals surface area contributed by atoms with Gasteiger partial charge in [-0.3, -0.25) is 0 Å². The molecule has 2 aromatic rings. The van der Waals surface area contributed by atoms with Gasteiger partial charge in [-0.2, -0.15) is 0 Å². The van der Waals surface area contributed by atoms with Crippen LogP contribution in [-0.2, 0) is 6.42 Å². The van der Waals surface area contributed by atoms with Crippen LogP contribution < -0.4 is 0 Å². The molecule has 0 fully saturated rings. The normalized spacial score (nSPS) is 11.3. The lowest BCUT2D eigenvalue weighted by Crippen LogP contribution is -2.01. The van der Waals surface area contributed by atoms with E-state index >= 15 is 0 Å². The lowest BCUT2D eigenvalue weighted by atomic mass is 9.93. The van der Waals surface area contributed by atoms with Gasteiger partial charge in [-0.25, -0.2) is 0 Å². The van der Waals surface area contributed by atoms with Gasteiger partial charge in [-0.15, -0.1) is 11.8 Å². The van der Waals surface area contributed by atoms with Crippen molar-refractivity contribution < 1.29 is 0 Å². The van der Waals surface area contributed by atoms with Crippen molar-refractivity contribution in [2.45, 2.75) is 50.2 Å². The molecule has 0 aliphatic heterocycles. The Labute approximate surface area is 127 Å². The smallest absolute Gasteiger partial charge is 0.0113 e. The zero-order valence-corrected chi connectivity index (χ0v) is 13.7. The van der Waals surface area contributed by atoms with Crippen molar-refractivity contribution in [2.75, 3.05) is 0 Å². The first-order chi connectivity index (χ1) is 9.58. The first-order valence-electron chi connectivity index (χ1n) is 7.40. The van der Waals surface area contributed by atoms with Crippen molar-refractivity contribution in [3.8, 4) is 0 Å². The third-order valence-corrected chi connectivity index (χ3v) is 4.49. The number of rotatable bonds is 5. The fourth-order valence-electron chi connectivity index (χ4n) is 2.48. The minimum Gasteiger partial charge on any atom is -0.123 e. The summed E-state index contributed by atoms with van der Waals surface area (Å²) in [6, 6.07) is 17.5. The summed E-state index contributed by atoms with van der Waals surface area (Å²) < 4.78 is 0. The average Bonchev–Trinajstić information content (AvgIpc) is 2.41. The van der Waals surface area contributed by atoms with Crippen LogP contribution in [0.2, 0.25) is 0 Å². The maximum Gasteiger partial charge on any atom is 0.0113 e. The van der Waals surface area contributed by atoms with Crippen LogP contribution >= 0.6 is 11.8 Å². The van der Waals surface area contributed by atoms with E-state index in [4.69, 9.17) is 0 Å². The zero-order chi connectivity index (χ0) is 14.5. The summed E-state index contributed by atoms with van der Waals surface area (Å²) in [5, 5.41) is 0.618. The summed E-state index contributed by atoms with van der Waals surface area (Å²) in [5.74, 6) is 0.571. The van der Waals surface area contributed by atoms with Gasteiger partial charge in [0.2, 0.25) is 0 Å². The fraction of sp³-hybridized carbons (Fsp3) is 0.368. The third kappa shape index (κ3) is 3.89. The Balaban J connectivity index is 2.41. The molecule has 0 saturated carbocycles. The van der Waals surface area contributed by atoms with E-state index in [1.165, 1.54) is 21.6 Å². The lowest BCUT2D eigenvalue weighted by molar-refractivity contribution is 0.838. The Hall–Kier alpha value is -1.21. The van der Waals surface area contributed by atoms with E-state index in [2.05, 4.69) is 76.2 Å². The standard InChI is InChI=1S/C19H24S/c1-14(2)17-11-8-12-19(20-15(3)4)18(17)13-16-9-6-5-7-10-16/h5-12,14-15H,13H2,1-4H3. The predicted molar refractivity (Wildman–Crippen MR) is 90.8 cm³/mol. The van der Waals surface area contributed by atoms with Crippen molar-refractivity contribution in [1.82, 2.24) is 0 Å². The molecule has 0 atom stereocenters. The quantitative estimate of drug-likeness (QED) is 0.616. The number of hydrogen-bond acceptors (Lipinski definition) is 1. The van der Waals surface area contributed by atoms with Crippen LogP contribution in [0, 0.1) is 0 Å². The Morgan fingerprint density at radius 2 is 1.55 bits per heavy atom. The molecule has 0 aromatic heterocycles. The first kappa shape index (κ1) is 15.2. The molecular formula is C19H24S. The molecule has 0 bridgehead atoms. The van der Waals surface area contributed by atoms with Gasteiger partial charge >= 0.3 is 0 Å². The summed E-state index contributed by atoms with van der Waals surface area (Å²) in [6.45, 7) is 9.10. The van der Waals surface area contributed by atoms with Gasteiger partial charge in [0.05, 0.1) is 0 Å². The van der Waals surface area contributed by atoms with Gasteiger partial charge < -0.3 is 0 Å². The molecule has 0 heterocycles. The van der Waals surface area contributed by atoms with Crippen LogP contribution in [0.5, 0.6) is 0 Å². The van der Waals surface area contributed by atoms with Gasteiger partial charge in [0.15, 0.2) is 0 Å². The number of thioether (sulfide) groups is 1. The highest BCUT2D eigenvalue weighted by molar-refractivity contribution is 8.00. The molecule has 0 N–H and O–H groups in total. The average molecular weight is 284 g/mol. The highest BCUT2D eigenvalue weighted by Crippen LogP contribution is 2.33. The Morgan fingerprint density at radius 1 is 0.850 bits per heavy atom. The molecule has 0 unspecified atom stereocenters. The van der Waals surface area contributed by atoms with Crippen LogP contribution in [0.3, 0.4) is 0 Å². The molecule has 0 amide bonds. The van der Waals surface area contributed by atoms with E-state index in [1.54, 1.807) is 0 Å². The van der Waals surface area contributed by atoms with Gasteiger partial charge in [0, 0.05) is 10.1 Å². The van der Waals surface area contributed by atoms with E-state index < -0.39 is 0 Å². The summed E-state index contributed by atoms with van der Waals surface area (Å²) >= 11 is 1.98. The predicted octanol–water partition coefficient (Wildman–Crippen LogP) is 5.90. The van der Waals surface area contributed by atoms with Crippen LogP contribution in [-0.4, -0.2) is 5.25 Å². The van der Waals surface area contributed by atoms with E-state index in [0.29, 0.717) is 11.2 Å². The van der Waals surface area contributed by atoms with Crippen molar-refractivity contribution in [2.24, 2.45) is 0 Å². The van der Waals surface area contributed by atoms with Crippen molar-refractivity contribution in [3.63, 3.8) is 0 Å². The summed E-state index contributed by atoms with van der Waals surface area (Å²) in [7, 11) is 0. The maximum absolute atomic E-state index is 2.29. The topological polar surface area (TPSA) is 0 Å². The SMILES string of the molecule is CC(C)Sc1cccc(C(C)C)c1Cc1ccccc1. The molecule has 0 nitrogen and oxygen atoms in total. The van der Waals surface area contributed by atoms with E-state index in [0.717, 1.165) is 6.42 Å². The van der Waals surface area contributed by atoms with Crippen LogP contribution in [0.1, 0.15) is 50.3 Å². The molecule has 0 aliphatic carbocycles. The maximum atomic E-state index is 2.29. The highest BCUT2D eigenvalue weighted by atomic mass is 32.2. The van der Waals surface area contributed by atoms with Crippen LogP contribution in [0.4, 0.5) is 0 Å². The lowest BCUT2D eigenvalue weighted by Gasteiger charge is -2.18. The third-order valence-electron chi connectivity index (χ3n) is 3.38. The molecule has 20 heavy (non-hydrogen) atoms. The van der Waals surface area contributed by atoms with Crippen LogP contribution in [0.15, 0.2) is 53.4 Å². The van der Waals surface area contributed by atoms with Crippen LogP contribution in [0.25, 0.3) is 0 Å². The molecule has 2 aromatic carbocycles. The second-order valence-electron chi connectivity index (χ2n) is 5.81. The summed E-state index contributed by atoms with van der Waals surface area (Å²) in [5.41, 5.74) is 4.39. The highest BCUT2D eigenvalue weighted by Gasteiger charge is 2.13. The van der Waals surface area contributed by atoms with E-state index in [-0.39, 0.29) is 0 Å². The summed E-state index contributed by atoms with van der Waals surface area (Å²) in [6.07, 6.45) is 1.03. The monoisotopic (exact) mass is 284 g/mol. The van der Waals surface area contributed by atoms with Crippen molar-refractivity contribution in [1.29, 1.82) is 0 Å². The largest absolute Gasteiger partial charge is 0.123 e.